The summed E-state index contributed by atoms with van der Waals surface area (Å²) in [5.74, 6) is 0.768. The second-order valence-electron chi connectivity index (χ2n) is 6.43. The van der Waals surface area contributed by atoms with Crippen molar-refractivity contribution in [3.63, 3.8) is 0 Å². The quantitative estimate of drug-likeness (QED) is 0.766. The lowest BCUT2D eigenvalue weighted by molar-refractivity contribution is 0.211. The molecule has 6 nitrogen and oxygen atoms in total. The first-order valence-electron chi connectivity index (χ1n) is 8.75. The first-order chi connectivity index (χ1) is 12.7. The maximum Gasteiger partial charge on any atom is 0.171 e. The smallest absolute Gasteiger partial charge is 0.171 e. The van der Waals surface area contributed by atoms with E-state index in [1.54, 1.807) is 12.4 Å². The van der Waals surface area contributed by atoms with E-state index in [1.807, 2.05) is 6.20 Å². The molecule has 3 heterocycles. The molecule has 3 aromatic rings. The van der Waals surface area contributed by atoms with Crippen LogP contribution in [-0.2, 0) is 0 Å². The Labute approximate surface area is 157 Å². The van der Waals surface area contributed by atoms with E-state index in [2.05, 4.69) is 67.2 Å². The Bertz CT molecular complexity index is 857. The van der Waals surface area contributed by atoms with E-state index in [4.69, 9.17) is 11.6 Å². The first-order valence-corrected chi connectivity index (χ1v) is 9.12. The maximum atomic E-state index is 6.21. The van der Waals surface area contributed by atoms with Gasteiger partial charge in [-0.15, -0.1) is 0 Å². The number of nitrogens with one attached hydrogen (secondary N) is 1. The van der Waals surface area contributed by atoms with Crippen LogP contribution in [0.4, 0.5) is 5.82 Å². The molecule has 134 valence electrons. The number of aryl methyl sites for hydroxylation is 1. The highest BCUT2D eigenvalue weighted by molar-refractivity contribution is 6.31. The maximum absolute atomic E-state index is 6.21. The highest BCUT2D eigenvalue weighted by atomic mass is 35.5. The van der Waals surface area contributed by atoms with Crippen molar-refractivity contribution < 1.29 is 0 Å². The molecule has 1 aliphatic heterocycles. The number of nitrogens with zero attached hydrogens (tertiary/aromatic N) is 5. The van der Waals surface area contributed by atoms with Crippen LogP contribution in [0.15, 0.2) is 48.9 Å². The summed E-state index contributed by atoms with van der Waals surface area (Å²) in [4.78, 5) is 13.2. The Morgan fingerprint density at radius 1 is 1.04 bits per heavy atom. The molecule has 1 aromatic carbocycles. The summed E-state index contributed by atoms with van der Waals surface area (Å²) in [6.45, 7) is 5.60. The zero-order chi connectivity index (χ0) is 17.9. The minimum Gasteiger partial charge on any atom is -0.351 e. The van der Waals surface area contributed by atoms with Gasteiger partial charge in [-0.05, 0) is 12.5 Å². The number of hydrogen-bond donors (Lipinski definition) is 1. The van der Waals surface area contributed by atoms with Gasteiger partial charge in [-0.2, -0.15) is 5.10 Å². The Hall–Kier alpha value is -2.44. The zero-order valence-electron chi connectivity index (χ0n) is 14.6. The molecular weight excluding hydrogens is 348 g/mol. The first kappa shape index (κ1) is 17.0. The zero-order valence-corrected chi connectivity index (χ0v) is 15.4. The van der Waals surface area contributed by atoms with Crippen molar-refractivity contribution in [2.24, 2.45) is 0 Å². The van der Waals surface area contributed by atoms with Gasteiger partial charge in [-0.25, -0.2) is 9.97 Å². The topological polar surface area (TPSA) is 60.9 Å². The molecule has 1 atom stereocenters. The van der Waals surface area contributed by atoms with E-state index in [0.717, 1.165) is 37.7 Å². The molecule has 1 aliphatic rings. The SMILES string of the molecule is Cc1n[nH]cc1C(c1ccccc1)N1CCN(c2nccnc2Cl)CC1. The molecule has 1 saturated heterocycles. The number of benzene rings is 1. The molecule has 1 fully saturated rings. The van der Waals surface area contributed by atoms with Gasteiger partial charge in [-0.3, -0.25) is 10.00 Å². The Morgan fingerprint density at radius 3 is 2.42 bits per heavy atom. The van der Waals surface area contributed by atoms with Crippen LogP contribution >= 0.6 is 11.6 Å². The van der Waals surface area contributed by atoms with E-state index in [9.17, 15) is 0 Å². The monoisotopic (exact) mass is 368 g/mol. The van der Waals surface area contributed by atoms with Crippen molar-refractivity contribution in [2.75, 3.05) is 31.1 Å². The number of piperazine rings is 1. The lowest BCUT2D eigenvalue weighted by Gasteiger charge is -2.40. The molecule has 0 aliphatic carbocycles. The molecule has 26 heavy (non-hydrogen) atoms. The van der Waals surface area contributed by atoms with Crippen LogP contribution in [0.2, 0.25) is 5.15 Å². The van der Waals surface area contributed by atoms with Gasteiger partial charge in [0.25, 0.3) is 0 Å². The molecule has 0 saturated carbocycles. The molecule has 1 unspecified atom stereocenters. The number of halogens is 1. The van der Waals surface area contributed by atoms with Gasteiger partial charge in [0.15, 0.2) is 11.0 Å². The van der Waals surface area contributed by atoms with Gasteiger partial charge in [-0.1, -0.05) is 41.9 Å². The Balaban J connectivity index is 1.57. The second kappa shape index (κ2) is 7.43. The summed E-state index contributed by atoms with van der Waals surface area (Å²) in [6.07, 6.45) is 5.32. The summed E-state index contributed by atoms with van der Waals surface area (Å²) in [5, 5.41) is 7.80. The van der Waals surface area contributed by atoms with Crippen molar-refractivity contribution in [2.45, 2.75) is 13.0 Å². The largest absolute Gasteiger partial charge is 0.351 e. The van der Waals surface area contributed by atoms with Gasteiger partial charge < -0.3 is 4.90 Å². The van der Waals surface area contributed by atoms with Crippen LogP contribution in [0.3, 0.4) is 0 Å². The van der Waals surface area contributed by atoms with E-state index >= 15 is 0 Å². The normalized spacial score (nSPS) is 16.6. The second-order valence-corrected chi connectivity index (χ2v) is 6.79. The summed E-state index contributed by atoms with van der Waals surface area (Å²) in [7, 11) is 0. The predicted molar refractivity (Wildman–Crippen MR) is 102 cm³/mol. The van der Waals surface area contributed by atoms with Gasteiger partial charge in [0, 0.05) is 50.3 Å². The standard InChI is InChI=1S/C19H21ClN6/c1-14-16(13-23-24-14)17(15-5-3-2-4-6-15)25-9-11-26(12-10-25)19-18(20)21-7-8-22-19/h2-8,13,17H,9-12H2,1H3,(H,23,24). The third kappa shape index (κ3) is 3.30. The van der Waals surface area contributed by atoms with Gasteiger partial charge in [0.2, 0.25) is 0 Å². The molecule has 7 heteroatoms. The van der Waals surface area contributed by atoms with Crippen LogP contribution in [0.5, 0.6) is 0 Å². The number of anilines is 1. The summed E-state index contributed by atoms with van der Waals surface area (Å²) >= 11 is 6.21. The summed E-state index contributed by atoms with van der Waals surface area (Å²) in [5.41, 5.74) is 3.54. The van der Waals surface area contributed by atoms with E-state index in [0.29, 0.717) is 5.15 Å². The Morgan fingerprint density at radius 2 is 1.77 bits per heavy atom. The van der Waals surface area contributed by atoms with Crippen LogP contribution in [0.25, 0.3) is 0 Å². The summed E-state index contributed by atoms with van der Waals surface area (Å²) < 4.78 is 0. The number of hydrogen-bond acceptors (Lipinski definition) is 5. The molecule has 0 spiro atoms. The summed E-state index contributed by atoms with van der Waals surface area (Å²) in [6, 6.07) is 10.8. The van der Waals surface area contributed by atoms with E-state index < -0.39 is 0 Å². The fourth-order valence-electron chi connectivity index (χ4n) is 3.58. The predicted octanol–water partition coefficient (Wildman–Crippen LogP) is 3.07. The van der Waals surface area contributed by atoms with Crippen molar-refractivity contribution in [1.82, 2.24) is 25.1 Å². The highest BCUT2D eigenvalue weighted by Crippen LogP contribution is 2.31. The van der Waals surface area contributed by atoms with Crippen LogP contribution < -0.4 is 4.90 Å². The fourth-order valence-corrected chi connectivity index (χ4v) is 3.81. The van der Waals surface area contributed by atoms with Crippen molar-refractivity contribution >= 4 is 17.4 Å². The van der Waals surface area contributed by atoms with Crippen molar-refractivity contribution in [1.29, 1.82) is 0 Å². The molecule has 4 rings (SSSR count). The minimum absolute atomic E-state index is 0.189. The van der Waals surface area contributed by atoms with Crippen LogP contribution in [0, 0.1) is 6.92 Å². The third-order valence-electron chi connectivity index (χ3n) is 4.89. The van der Waals surface area contributed by atoms with Gasteiger partial charge in [0.1, 0.15) is 0 Å². The van der Waals surface area contributed by atoms with Crippen molar-refractivity contribution in [3.05, 3.63) is 70.9 Å². The number of rotatable bonds is 4. The molecule has 2 aromatic heterocycles. The fraction of sp³-hybridized carbons (Fsp3) is 0.316. The third-order valence-corrected chi connectivity index (χ3v) is 5.16. The van der Waals surface area contributed by atoms with Crippen LogP contribution in [-0.4, -0.2) is 51.2 Å². The lowest BCUT2D eigenvalue weighted by atomic mass is 9.97. The van der Waals surface area contributed by atoms with Gasteiger partial charge in [0.05, 0.1) is 11.7 Å². The molecule has 0 amide bonds. The molecule has 1 N–H and O–H groups in total. The highest BCUT2D eigenvalue weighted by Gasteiger charge is 2.29. The molecule has 0 bridgehead atoms. The van der Waals surface area contributed by atoms with E-state index in [1.165, 1.54) is 11.1 Å². The number of aromatic nitrogens is 4. The van der Waals surface area contributed by atoms with Crippen molar-refractivity contribution in [3.8, 4) is 0 Å². The van der Waals surface area contributed by atoms with Gasteiger partial charge >= 0.3 is 0 Å². The average molecular weight is 369 g/mol. The van der Waals surface area contributed by atoms with E-state index in [-0.39, 0.29) is 6.04 Å². The average Bonchev–Trinajstić information content (AvgIpc) is 3.10. The molecular formula is C19H21ClN6. The number of aromatic amines is 1. The molecule has 0 radical (unpaired) electrons. The van der Waals surface area contributed by atoms with Crippen LogP contribution in [0.1, 0.15) is 22.9 Å². The Kier molecular flexibility index (Phi) is 4.86. The number of H-pyrrole nitrogens is 1. The minimum atomic E-state index is 0.189. The lowest BCUT2D eigenvalue weighted by Crippen LogP contribution is -2.48.